The number of carbonyl (C=O) groups is 1. The highest BCUT2D eigenvalue weighted by molar-refractivity contribution is 7.89. The number of nitrogens with one attached hydrogen (secondary N) is 1. The molecule has 0 amide bonds. The summed E-state index contributed by atoms with van der Waals surface area (Å²) in [5.74, 6) is -0.262. The number of fused-ring (bicyclic) bond motifs is 1. The van der Waals surface area contributed by atoms with Gasteiger partial charge in [0, 0.05) is 29.7 Å². The molecule has 24 heavy (non-hydrogen) atoms. The third kappa shape index (κ3) is 3.11. The molecule has 6 heteroatoms. The minimum Gasteiger partial charge on any atom is -0.350 e. The van der Waals surface area contributed by atoms with Crippen LogP contribution in [0.3, 0.4) is 0 Å². The highest BCUT2D eigenvalue weighted by Gasteiger charge is 2.18. The van der Waals surface area contributed by atoms with Gasteiger partial charge in [0.05, 0.1) is 11.4 Å². The number of hydrogen-bond donors (Lipinski definition) is 1. The molecule has 3 rings (SSSR count). The number of aryl methyl sites for hydroxylation is 2. The maximum Gasteiger partial charge on any atom is 0.240 e. The Hall–Kier alpha value is -2.44. The van der Waals surface area contributed by atoms with Crippen LogP contribution in [0.5, 0.6) is 0 Å². The average molecular weight is 342 g/mol. The quantitative estimate of drug-likeness (QED) is 0.725. The third-order valence-electron chi connectivity index (χ3n) is 3.95. The van der Waals surface area contributed by atoms with Crippen molar-refractivity contribution in [2.45, 2.75) is 11.8 Å². The maximum atomic E-state index is 12.5. The topological polar surface area (TPSA) is 68.2 Å². The Morgan fingerprint density at radius 2 is 1.75 bits per heavy atom. The van der Waals surface area contributed by atoms with Crippen molar-refractivity contribution in [3.8, 4) is 0 Å². The molecule has 0 atom stereocenters. The van der Waals surface area contributed by atoms with E-state index >= 15 is 0 Å². The first-order valence-electron chi connectivity index (χ1n) is 7.52. The summed E-state index contributed by atoms with van der Waals surface area (Å²) in [6, 6.07) is 14.0. The first kappa shape index (κ1) is 16.4. The molecule has 0 fully saturated rings. The largest absolute Gasteiger partial charge is 0.350 e. The number of ketones is 1. The number of nitrogens with zero attached hydrogens (tertiary/aromatic N) is 1. The summed E-state index contributed by atoms with van der Waals surface area (Å²) in [6.07, 6.45) is 1.73. The predicted octanol–water partition coefficient (Wildman–Crippen LogP) is 2.65. The summed E-state index contributed by atoms with van der Waals surface area (Å²) in [5.41, 5.74) is 2.42. The van der Waals surface area contributed by atoms with Gasteiger partial charge in [0.15, 0.2) is 5.78 Å². The Balaban J connectivity index is 1.81. The average Bonchev–Trinajstić information content (AvgIpc) is 2.91. The van der Waals surface area contributed by atoms with E-state index in [9.17, 15) is 13.2 Å². The van der Waals surface area contributed by atoms with Crippen LogP contribution in [0.2, 0.25) is 0 Å². The van der Waals surface area contributed by atoms with Gasteiger partial charge in [0.1, 0.15) is 0 Å². The molecular formula is C18H18N2O3S. The summed E-state index contributed by atoms with van der Waals surface area (Å²) >= 11 is 0. The highest BCUT2D eigenvalue weighted by atomic mass is 32.2. The molecule has 1 N–H and O–H groups in total. The van der Waals surface area contributed by atoms with Gasteiger partial charge in [-0.05, 0) is 25.1 Å². The first-order valence-corrected chi connectivity index (χ1v) is 9.00. The fourth-order valence-corrected chi connectivity index (χ4v) is 3.60. The molecule has 3 aromatic rings. The van der Waals surface area contributed by atoms with E-state index in [1.807, 2.05) is 42.8 Å². The van der Waals surface area contributed by atoms with E-state index in [-0.39, 0.29) is 17.2 Å². The van der Waals surface area contributed by atoms with Gasteiger partial charge < -0.3 is 4.57 Å². The van der Waals surface area contributed by atoms with Gasteiger partial charge in [-0.2, -0.15) is 0 Å². The number of hydrogen-bond acceptors (Lipinski definition) is 3. The first-order chi connectivity index (χ1) is 11.4. The van der Waals surface area contributed by atoms with Crippen LogP contribution in [0.15, 0.2) is 59.6 Å². The van der Waals surface area contributed by atoms with Gasteiger partial charge in [-0.25, -0.2) is 13.1 Å². The molecule has 124 valence electrons. The van der Waals surface area contributed by atoms with E-state index in [1.54, 1.807) is 18.3 Å². The fourth-order valence-electron chi connectivity index (χ4n) is 2.62. The van der Waals surface area contributed by atoms with E-state index in [1.165, 1.54) is 12.1 Å². The predicted molar refractivity (Wildman–Crippen MR) is 93.6 cm³/mol. The molecule has 0 aliphatic carbocycles. The summed E-state index contributed by atoms with van der Waals surface area (Å²) < 4.78 is 28.8. The van der Waals surface area contributed by atoms with Crippen LogP contribution in [-0.4, -0.2) is 25.3 Å². The van der Waals surface area contributed by atoms with Crippen LogP contribution in [0, 0.1) is 6.92 Å². The van der Waals surface area contributed by atoms with Crippen molar-refractivity contribution in [2.75, 3.05) is 6.54 Å². The standard InChI is InChI=1S/C18H18N2O3S/c1-13-7-9-14(10-8-13)24(22,23)19-11-18(21)16-12-20(2)17-6-4-3-5-15(16)17/h3-10,12,19H,11H2,1-2H3. The summed E-state index contributed by atoms with van der Waals surface area (Å²) in [4.78, 5) is 12.6. The smallest absolute Gasteiger partial charge is 0.240 e. The summed E-state index contributed by atoms with van der Waals surface area (Å²) in [5, 5.41) is 0.819. The van der Waals surface area contributed by atoms with Crippen molar-refractivity contribution in [3.63, 3.8) is 0 Å². The number of rotatable bonds is 5. The minimum absolute atomic E-state index is 0.152. The van der Waals surface area contributed by atoms with Crippen LogP contribution >= 0.6 is 0 Å². The number of Topliss-reactive ketones (excluding diaryl/α,β-unsaturated/α-hetero) is 1. The van der Waals surface area contributed by atoms with Crippen LogP contribution in [0.4, 0.5) is 0 Å². The van der Waals surface area contributed by atoms with E-state index < -0.39 is 10.0 Å². The second-order valence-corrected chi connectivity index (χ2v) is 7.50. The third-order valence-corrected chi connectivity index (χ3v) is 5.37. The lowest BCUT2D eigenvalue weighted by atomic mass is 10.1. The van der Waals surface area contributed by atoms with E-state index in [0.29, 0.717) is 5.56 Å². The van der Waals surface area contributed by atoms with Gasteiger partial charge >= 0.3 is 0 Å². The zero-order valence-corrected chi connectivity index (χ0v) is 14.3. The molecule has 5 nitrogen and oxygen atoms in total. The van der Waals surface area contributed by atoms with Crippen LogP contribution in [-0.2, 0) is 17.1 Å². The van der Waals surface area contributed by atoms with Crippen molar-refractivity contribution in [3.05, 3.63) is 65.9 Å². The van der Waals surface area contributed by atoms with Crippen molar-refractivity contribution >= 4 is 26.7 Å². The van der Waals surface area contributed by atoms with Crippen molar-refractivity contribution in [1.29, 1.82) is 0 Å². The zero-order chi connectivity index (χ0) is 17.3. The number of para-hydroxylation sites is 1. The summed E-state index contributed by atoms with van der Waals surface area (Å²) in [7, 11) is -1.85. The lowest BCUT2D eigenvalue weighted by molar-refractivity contribution is 0.0998. The number of benzene rings is 2. The van der Waals surface area contributed by atoms with Gasteiger partial charge in [0.2, 0.25) is 10.0 Å². The zero-order valence-electron chi connectivity index (χ0n) is 13.5. The van der Waals surface area contributed by atoms with Crippen molar-refractivity contribution in [2.24, 2.45) is 7.05 Å². The van der Waals surface area contributed by atoms with Gasteiger partial charge in [-0.15, -0.1) is 0 Å². The van der Waals surface area contributed by atoms with Crippen LogP contribution in [0.1, 0.15) is 15.9 Å². The second-order valence-electron chi connectivity index (χ2n) is 5.73. The van der Waals surface area contributed by atoms with Crippen molar-refractivity contribution < 1.29 is 13.2 Å². The van der Waals surface area contributed by atoms with E-state index in [0.717, 1.165) is 16.5 Å². The molecule has 0 aliphatic rings. The Morgan fingerprint density at radius 1 is 1.08 bits per heavy atom. The Morgan fingerprint density at radius 3 is 2.46 bits per heavy atom. The molecule has 0 bridgehead atoms. The number of aromatic nitrogens is 1. The fraction of sp³-hybridized carbons (Fsp3) is 0.167. The number of carbonyl (C=O) groups excluding carboxylic acids is 1. The maximum absolute atomic E-state index is 12.5. The van der Waals surface area contributed by atoms with Crippen LogP contribution < -0.4 is 4.72 Å². The minimum atomic E-state index is -3.70. The molecule has 1 heterocycles. The normalized spacial score (nSPS) is 11.8. The SMILES string of the molecule is Cc1ccc(S(=O)(=O)NCC(=O)c2cn(C)c3ccccc23)cc1. The van der Waals surface area contributed by atoms with E-state index in [2.05, 4.69) is 4.72 Å². The molecule has 0 spiro atoms. The second kappa shape index (κ2) is 6.22. The molecule has 2 aromatic carbocycles. The Kier molecular flexibility index (Phi) is 4.26. The monoisotopic (exact) mass is 342 g/mol. The lowest BCUT2D eigenvalue weighted by Gasteiger charge is -2.06. The molecule has 0 saturated carbocycles. The highest BCUT2D eigenvalue weighted by Crippen LogP contribution is 2.20. The molecular weight excluding hydrogens is 324 g/mol. The van der Waals surface area contributed by atoms with E-state index in [4.69, 9.17) is 0 Å². The van der Waals surface area contributed by atoms with Crippen molar-refractivity contribution in [1.82, 2.24) is 9.29 Å². The molecule has 0 saturated heterocycles. The van der Waals surface area contributed by atoms with Gasteiger partial charge in [-0.3, -0.25) is 4.79 Å². The molecule has 0 unspecified atom stereocenters. The van der Waals surface area contributed by atoms with Gasteiger partial charge in [-0.1, -0.05) is 35.9 Å². The van der Waals surface area contributed by atoms with Crippen LogP contribution in [0.25, 0.3) is 10.9 Å². The number of sulfonamides is 1. The molecule has 0 aliphatic heterocycles. The summed E-state index contributed by atoms with van der Waals surface area (Å²) in [6.45, 7) is 1.61. The Labute approximate surface area is 141 Å². The lowest BCUT2D eigenvalue weighted by Crippen LogP contribution is -2.29. The molecule has 1 aromatic heterocycles. The Bertz CT molecular complexity index is 1000. The molecule has 0 radical (unpaired) electrons. The van der Waals surface area contributed by atoms with Gasteiger partial charge in [0.25, 0.3) is 0 Å².